The number of benzene rings is 2. The van der Waals surface area contributed by atoms with Crippen molar-refractivity contribution in [2.24, 2.45) is 0 Å². The number of nitrogens with zero attached hydrogens (tertiary/aromatic N) is 1. The Hall–Kier alpha value is -3.34. The van der Waals surface area contributed by atoms with E-state index in [9.17, 15) is 35.0 Å². The standard InChI is InChI=1S/C15H11BrN2O8/c16-9-5-8(18(24)25)1-2-10(9)17-13(21)6-26-15(23)7-3-11(19)14(22)12(20)4-7/h1-5,19-20,22H,6H2,(H,17,21). The molecule has 2 aromatic carbocycles. The Morgan fingerprint density at radius 1 is 1.15 bits per heavy atom. The number of phenols is 3. The van der Waals surface area contributed by atoms with Crippen LogP contribution in [0.15, 0.2) is 34.8 Å². The molecule has 11 heteroatoms. The van der Waals surface area contributed by atoms with Gasteiger partial charge in [-0.25, -0.2) is 4.79 Å². The van der Waals surface area contributed by atoms with Crippen molar-refractivity contribution >= 4 is 39.2 Å². The zero-order valence-electron chi connectivity index (χ0n) is 12.8. The molecule has 2 aromatic rings. The smallest absolute Gasteiger partial charge is 0.338 e. The molecule has 0 aliphatic heterocycles. The van der Waals surface area contributed by atoms with Crippen LogP contribution in [0.2, 0.25) is 0 Å². The highest BCUT2D eigenvalue weighted by atomic mass is 79.9. The van der Waals surface area contributed by atoms with Crippen molar-refractivity contribution < 1.29 is 34.6 Å². The van der Waals surface area contributed by atoms with Crippen molar-refractivity contribution in [2.45, 2.75) is 0 Å². The first-order valence-electron chi connectivity index (χ1n) is 6.85. The normalized spacial score (nSPS) is 10.2. The Morgan fingerprint density at radius 2 is 1.77 bits per heavy atom. The maximum atomic E-state index is 11.8. The molecule has 10 nitrogen and oxygen atoms in total. The SMILES string of the molecule is O=C(COC(=O)c1cc(O)c(O)c(O)c1)Nc1ccc([N+](=O)[O-])cc1Br. The molecule has 0 heterocycles. The van der Waals surface area contributed by atoms with Crippen LogP contribution in [0.25, 0.3) is 0 Å². The molecule has 0 fully saturated rings. The summed E-state index contributed by atoms with van der Waals surface area (Å²) in [6.07, 6.45) is 0. The zero-order valence-corrected chi connectivity index (χ0v) is 14.4. The number of anilines is 1. The molecule has 0 aliphatic rings. The maximum absolute atomic E-state index is 11.8. The second-order valence-corrected chi connectivity index (χ2v) is 5.76. The molecule has 136 valence electrons. The van der Waals surface area contributed by atoms with Crippen molar-refractivity contribution in [2.75, 3.05) is 11.9 Å². The first-order chi connectivity index (χ1) is 12.2. The number of esters is 1. The van der Waals surface area contributed by atoms with Crippen LogP contribution in [0.5, 0.6) is 17.2 Å². The molecule has 0 saturated carbocycles. The minimum Gasteiger partial charge on any atom is -0.504 e. The number of amides is 1. The Labute approximate surface area is 153 Å². The number of hydrogen-bond donors (Lipinski definition) is 4. The van der Waals surface area contributed by atoms with E-state index in [1.165, 1.54) is 18.2 Å². The van der Waals surface area contributed by atoms with E-state index in [0.717, 1.165) is 12.1 Å². The van der Waals surface area contributed by atoms with E-state index < -0.39 is 40.7 Å². The van der Waals surface area contributed by atoms with Gasteiger partial charge in [-0.15, -0.1) is 0 Å². The third-order valence-corrected chi connectivity index (χ3v) is 3.73. The molecule has 0 spiro atoms. The van der Waals surface area contributed by atoms with E-state index in [2.05, 4.69) is 21.2 Å². The molecule has 1 amide bonds. The summed E-state index contributed by atoms with van der Waals surface area (Å²) < 4.78 is 5.00. The first kappa shape index (κ1) is 19.0. The summed E-state index contributed by atoms with van der Waals surface area (Å²) in [4.78, 5) is 33.7. The summed E-state index contributed by atoms with van der Waals surface area (Å²) in [6.45, 7) is -0.690. The number of nitro groups is 1. The van der Waals surface area contributed by atoms with Crippen LogP contribution in [0.3, 0.4) is 0 Å². The Morgan fingerprint density at radius 3 is 2.31 bits per heavy atom. The molecule has 26 heavy (non-hydrogen) atoms. The molecular weight excluding hydrogens is 416 g/mol. The number of aromatic hydroxyl groups is 3. The summed E-state index contributed by atoms with van der Waals surface area (Å²) >= 11 is 3.08. The van der Waals surface area contributed by atoms with E-state index in [1.54, 1.807) is 0 Å². The lowest BCUT2D eigenvalue weighted by molar-refractivity contribution is -0.384. The van der Waals surface area contributed by atoms with Crippen LogP contribution in [0.4, 0.5) is 11.4 Å². The van der Waals surface area contributed by atoms with Gasteiger partial charge in [0, 0.05) is 16.6 Å². The van der Waals surface area contributed by atoms with E-state index in [4.69, 9.17) is 4.74 Å². The molecular formula is C15H11BrN2O8. The van der Waals surface area contributed by atoms with Crippen LogP contribution in [0.1, 0.15) is 10.4 Å². The van der Waals surface area contributed by atoms with Gasteiger partial charge in [0.15, 0.2) is 23.9 Å². The molecule has 0 aromatic heterocycles. The summed E-state index contributed by atoms with van der Waals surface area (Å²) in [7, 11) is 0. The lowest BCUT2D eigenvalue weighted by Gasteiger charge is -2.09. The van der Waals surface area contributed by atoms with Gasteiger partial charge in [0.1, 0.15) is 0 Å². The van der Waals surface area contributed by atoms with Gasteiger partial charge in [0.2, 0.25) is 0 Å². The van der Waals surface area contributed by atoms with Gasteiger partial charge >= 0.3 is 5.97 Å². The van der Waals surface area contributed by atoms with E-state index >= 15 is 0 Å². The summed E-state index contributed by atoms with van der Waals surface area (Å²) in [6, 6.07) is 5.42. The molecule has 0 bridgehead atoms. The quantitative estimate of drug-likeness (QED) is 0.245. The van der Waals surface area contributed by atoms with Crippen molar-refractivity contribution in [1.82, 2.24) is 0 Å². The molecule has 4 N–H and O–H groups in total. The first-order valence-corrected chi connectivity index (χ1v) is 7.64. The van der Waals surface area contributed by atoms with Crippen molar-refractivity contribution in [3.8, 4) is 17.2 Å². The summed E-state index contributed by atoms with van der Waals surface area (Å²) in [5.74, 6) is -3.98. The van der Waals surface area contributed by atoms with E-state index in [-0.39, 0.29) is 21.4 Å². The number of nitro benzene ring substituents is 1. The van der Waals surface area contributed by atoms with Crippen LogP contribution < -0.4 is 5.32 Å². The predicted octanol–water partition coefficient (Wildman–Crippen LogP) is 2.27. The van der Waals surface area contributed by atoms with Crippen molar-refractivity contribution in [1.29, 1.82) is 0 Å². The topological polar surface area (TPSA) is 159 Å². The molecule has 2 rings (SSSR count). The van der Waals surface area contributed by atoms with Crippen LogP contribution in [0, 0.1) is 10.1 Å². The Bertz CT molecular complexity index is 876. The van der Waals surface area contributed by atoms with E-state index in [0.29, 0.717) is 0 Å². The number of ether oxygens (including phenoxy) is 1. The number of halogens is 1. The molecule has 0 atom stereocenters. The molecule has 0 aliphatic carbocycles. The van der Waals surface area contributed by atoms with Crippen LogP contribution in [-0.2, 0) is 9.53 Å². The second kappa shape index (κ2) is 7.70. The van der Waals surface area contributed by atoms with Crippen LogP contribution in [-0.4, -0.2) is 38.7 Å². The van der Waals surface area contributed by atoms with Gasteiger partial charge < -0.3 is 25.4 Å². The zero-order chi connectivity index (χ0) is 19.4. The third kappa shape index (κ3) is 4.39. The van der Waals surface area contributed by atoms with Gasteiger partial charge in [0.05, 0.1) is 16.2 Å². The molecule has 0 unspecified atom stereocenters. The van der Waals surface area contributed by atoms with Crippen molar-refractivity contribution in [3.05, 3.63) is 50.5 Å². The fourth-order valence-corrected chi connectivity index (χ4v) is 2.31. The number of non-ortho nitro benzene ring substituents is 1. The lowest BCUT2D eigenvalue weighted by atomic mass is 10.2. The fourth-order valence-electron chi connectivity index (χ4n) is 1.84. The van der Waals surface area contributed by atoms with Gasteiger partial charge in [-0.3, -0.25) is 14.9 Å². The average molecular weight is 427 g/mol. The van der Waals surface area contributed by atoms with Gasteiger partial charge in [-0.2, -0.15) is 0 Å². The number of hydrogen-bond acceptors (Lipinski definition) is 8. The summed E-state index contributed by atoms with van der Waals surface area (Å²) in [5, 5.41) is 40.9. The number of carbonyl (C=O) groups excluding carboxylic acids is 2. The molecule has 0 saturated heterocycles. The second-order valence-electron chi connectivity index (χ2n) is 4.91. The Balaban J connectivity index is 1.99. The van der Waals surface area contributed by atoms with E-state index in [1.807, 2.05) is 0 Å². The number of nitrogens with one attached hydrogen (secondary N) is 1. The maximum Gasteiger partial charge on any atom is 0.338 e. The number of carbonyl (C=O) groups is 2. The van der Waals surface area contributed by atoms with Crippen LogP contribution >= 0.6 is 15.9 Å². The monoisotopic (exact) mass is 426 g/mol. The minimum absolute atomic E-state index is 0.173. The Kier molecular flexibility index (Phi) is 5.62. The summed E-state index contributed by atoms with van der Waals surface area (Å²) in [5.41, 5.74) is -0.216. The largest absolute Gasteiger partial charge is 0.504 e. The van der Waals surface area contributed by atoms with Gasteiger partial charge in [-0.05, 0) is 34.1 Å². The lowest BCUT2D eigenvalue weighted by Crippen LogP contribution is -2.21. The minimum atomic E-state index is -1.02. The predicted molar refractivity (Wildman–Crippen MR) is 91.1 cm³/mol. The van der Waals surface area contributed by atoms with Gasteiger partial charge in [0.25, 0.3) is 11.6 Å². The highest BCUT2D eigenvalue weighted by molar-refractivity contribution is 9.10. The number of rotatable bonds is 5. The molecule has 0 radical (unpaired) electrons. The van der Waals surface area contributed by atoms with Gasteiger partial charge in [-0.1, -0.05) is 0 Å². The average Bonchev–Trinajstić information content (AvgIpc) is 2.58. The fraction of sp³-hybridized carbons (Fsp3) is 0.0667. The highest BCUT2D eigenvalue weighted by Crippen LogP contribution is 2.35. The third-order valence-electron chi connectivity index (χ3n) is 3.08. The highest BCUT2D eigenvalue weighted by Gasteiger charge is 2.17. The number of phenolic OH excluding ortho intramolecular Hbond substituents is 3. The van der Waals surface area contributed by atoms with Crippen molar-refractivity contribution in [3.63, 3.8) is 0 Å².